The summed E-state index contributed by atoms with van der Waals surface area (Å²) in [5.41, 5.74) is 3.38. The van der Waals surface area contributed by atoms with Gasteiger partial charge < -0.3 is 14.3 Å². The maximum absolute atomic E-state index is 12.7. The number of halogens is 1. The molecule has 1 amide bonds. The second-order valence-corrected chi connectivity index (χ2v) is 6.61. The molecule has 4 rings (SSSR count). The highest BCUT2D eigenvalue weighted by Crippen LogP contribution is 2.30. The van der Waals surface area contributed by atoms with E-state index in [0.29, 0.717) is 40.7 Å². The van der Waals surface area contributed by atoms with E-state index in [1.807, 2.05) is 24.4 Å². The van der Waals surface area contributed by atoms with Gasteiger partial charge >= 0.3 is 0 Å². The van der Waals surface area contributed by atoms with Gasteiger partial charge in [-0.3, -0.25) is 9.48 Å². The van der Waals surface area contributed by atoms with Crippen LogP contribution in [0.15, 0.2) is 64.2 Å². The van der Waals surface area contributed by atoms with Crippen LogP contribution in [0.2, 0.25) is 5.02 Å². The lowest BCUT2D eigenvalue weighted by Gasteiger charge is -2.07. The molecule has 3 heterocycles. The van der Waals surface area contributed by atoms with Crippen LogP contribution >= 0.6 is 11.6 Å². The summed E-state index contributed by atoms with van der Waals surface area (Å²) in [6, 6.07) is 9.08. The number of aromatic nitrogens is 3. The smallest absolute Gasteiger partial charge is 0.257 e. The third-order valence-electron chi connectivity index (χ3n) is 4.33. The van der Waals surface area contributed by atoms with E-state index in [1.54, 1.807) is 42.5 Å². The first kappa shape index (κ1) is 18.1. The van der Waals surface area contributed by atoms with Gasteiger partial charge in [0, 0.05) is 29.4 Å². The Labute approximate surface area is 165 Å². The van der Waals surface area contributed by atoms with Crippen LogP contribution < -0.4 is 5.32 Å². The minimum atomic E-state index is -0.268. The molecule has 0 radical (unpaired) electrons. The highest BCUT2D eigenvalue weighted by molar-refractivity contribution is 6.33. The lowest BCUT2D eigenvalue weighted by molar-refractivity contribution is 0.0951. The molecule has 0 saturated carbocycles. The van der Waals surface area contributed by atoms with Crippen molar-refractivity contribution in [1.29, 1.82) is 0 Å². The van der Waals surface area contributed by atoms with Crippen molar-refractivity contribution in [2.75, 3.05) is 6.54 Å². The molecular formula is C20H17ClN4O3. The van der Waals surface area contributed by atoms with Gasteiger partial charge in [-0.1, -0.05) is 35.0 Å². The molecule has 0 saturated heterocycles. The zero-order valence-corrected chi connectivity index (χ0v) is 15.8. The fourth-order valence-electron chi connectivity index (χ4n) is 2.91. The average molecular weight is 397 g/mol. The topological polar surface area (TPSA) is 86.1 Å². The number of amides is 1. The summed E-state index contributed by atoms with van der Waals surface area (Å²) in [4.78, 5) is 12.7. The normalized spacial score (nSPS) is 10.9. The van der Waals surface area contributed by atoms with Gasteiger partial charge in [-0.05, 0) is 19.1 Å². The van der Waals surface area contributed by atoms with Crippen LogP contribution in [0, 0.1) is 6.92 Å². The van der Waals surface area contributed by atoms with E-state index in [-0.39, 0.29) is 5.91 Å². The molecule has 0 aliphatic carbocycles. The Bertz CT molecular complexity index is 1100. The van der Waals surface area contributed by atoms with Crippen LogP contribution in [-0.2, 0) is 6.54 Å². The number of rotatable bonds is 6. The van der Waals surface area contributed by atoms with E-state index in [0.717, 1.165) is 11.1 Å². The lowest BCUT2D eigenvalue weighted by Crippen LogP contribution is -2.28. The van der Waals surface area contributed by atoms with Crippen LogP contribution in [0.1, 0.15) is 16.1 Å². The summed E-state index contributed by atoms with van der Waals surface area (Å²) >= 11 is 6.24. The minimum absolute atomic E-state index is 0.268. The number of aryl methyl sites for hydroxylation is 1. The van der Waals surface area contributed by atoms with Gasteiger partial charge in [0.2, 0.25) is 0 Å². The summed E-state index contributed by atoms with van der Waals surface area (Å²) in [5.74, 6) is 0.171. The number of nitrogens with one attached hydrogen (secondary N) is 1. The number of furan rings is 1. The minimum Gasteiger partial charge on any atom is -0.472 e. The third kappa shape index (κ3) is 3.57. The van der Waals surface area contributed by atoms with E-state index in [9.17, 15) is 4.79 Å². The molecule has 4 aromatic rings. The van der Waals surface area contributed by atoms with Crippen molar-refractivity contribution in [2.45, 2.75) is 13.5 Å². The molecule has 28 heavy (non-hydrogen) atoms. The third-order valence-corrected chi connectivity index (χ3v) is 4.66. The van der Waals surface area contributed by atoms with E-state index in [2.05, 4.69) is 15.6 Å². The fourth-order valence-corrected chi connectivity index (χ4v) is 3.14. The summed E-state index contributed by atoms with van der Waals surface area (Å²) in [7, 11) is 0. The number of nitrogens with zero attached hydrogens (tertiary/aromatic N) is 3. The van der Waals surface area contributed by atoms with Crippen LogP contribution in [0.3, 0.4) is 0 Å². The van der Waals surface area contributed by atoms with Gasteiger partial charge in [0.25, 0.3) is 5.91 Å². The molecule has 0 atom stereocenters. The van der Waals surface area contributed by atoms with E-state index in [1.165, 1.54) is 0 Å². The quantitative estimate of drug-likeness (QED) is 0.528. The Hall–Kier alpha value is -3.32. The van der Waals surface area contributed by atoms with Crippen molar-refractivity contribution >= 4 is 17.5 Å². The number of carbonyl (C=O) groups excluding carboxylic acids is 1. The van der Waals surface area contributed by atoms with Crippen LogP contribution in [0.4, 0.5) is 0 Å². The van der Waals surface area contributed by atoms with Crippen LogP contribution in [0.5, 0.6) is 0 Å². The Kier molecular flexibility index (Phi) is 4.99. The summed E-state index contributed by atoms with van der Waals surface area (Å²) < 4.78 is 12.1. The van der Waals surface area contributed by atoms with Crippen molar-refractivity contribution in [1.82, 2.24) is 20.3 Å². The second kappa shape index (κ2) is 7.74. The first-order valence-corrected chi connectivity index (χ1v) is 9.05. The van der Waals surface area contributed by atoms with E-state index >= 15 is 0 Å². The zero-order valence-electron chi connectivity index (χ0n) is 15.1. The van der Waals surface area contributed by atoms with Gasteiger partial charge in [0.1, 0.15) is 17.0 Å². The molecule has 7 nitrogen and oxygen atoms in total. The Morgan fingerprint density at radius 1 is 1.25 bits per heavy atom. The fraction of sp³-hybridized carbons (Fsp3) is 0.150. The molecule has 0 aliphatic rings. The Balaban J connectivity index is 1.44. The van der Waals surface area contributed by atoms with Crippen molar-refractivity contribution in [3.05, 3.63) is 71.6 Å². The summed E-state index contributed by atoms with van der Waals surface area (Å²) in [6.45, 7) is 2.63. The predicted molar refractivity (Wildman–Crippen MR) is 104 cm³/mol. The maximum Gasteiger partial charge on any atom is 0.257 e. The number of hydrogen-bond acceptors (Lipinski definition) is 5. The van der Waals surface area contributed by atoms with Crippen molar-refractivity contribution in [2.24, 2.45) is 0 Å². The van der Waals surface area contributed by atoms with Crippen molar-refractivity contribution in [3.63, 3.8) is 0 Å². The summed E-state index contributed by atoms with van der Waals surface area (Å²) in [6.07, 6.45) is 6.93. The number of carbonyl (C=O) groups is 1. The van der Waals surface area contributed by atoms with E-state index < -0.39 is 0 Å². The average Bonchev–Trinajstić information content (AvgIpc) is 3.42. The first-order valence-electron chi connectivity index (χ1n) is 8.68. The van der Waals surface area contributed by atoms with Crippen LogP contribution in [0.25, 0.3) is 22.4 Å². The first-order chi connectivity index (χ1) is 13.6. The molecule has 0 aliphatic heterocycles. The van der Waals surface area contributed by atoms with Gasteiger partial charge in [0.05, 0.1) is 30.3 Å². The molecule has 0 fully saturated rings. The lowest BCUT2D eigenvalue weighted by atomic mass is 10.1. The highest BCUT2D eigenvalue weighted by Gasteiger charge is 2.22. The molecule has 0 spiro atoms. The van der Waals surface area contributed by atoms with Gasteiger partial charge in [-0.25, -0.2) is 0 Å². The van der Waals surface area contributed by atoms with Gasteiger partial charge in [-0.2, -0.15) is 5.10 Å². The maximum atomic E-state index is 12.7. The SMILES string of the molecule is Cc1onc(-c2ccccc2Cl)c1C(=O)NCCn1cc(-c2ccoc2)cn1. The van der Waals surface area contributed by atoms with Gasteiger partial charge in [0.15, 0.2) is 0 Å². The van der Waals surface area contributed by atoms with Crippen molar-refractivity contribution in [3.8, 4) is 22.4 Å². The highest BCUT2D eigenvalue weighted by atomic mass is 35.5. The molecular weight excluding hydrogens is 380 g/mol. The molecule has 0 bridgehead atoms. The monoisotopic (exact) mass is 396 g/mol. The Morgan fingerprint density at radius 3 is 2.89 bits per heavy atom. The summed E-state index contributed by atoms with van der Waals surface area (Å²) in [5, 5.41) is 11.7. The molecule has 3 aromatic heterocycles. The predicted octanol–water partition coefficient (Wildman–Crippen LogP) is 4.19. The van der Waals surface area contributed by atoms with E-state index in [4.69, 9.17) is 20.5 Å². The zero-order chi connectivity index (χ0) is 19.5. The largest absolute Gasteiger partial charge is 0.472 e. The number of benzene rings is 1. The molecule has 142 valence electrons. The molecule has 1 aromatic carbocycles. The standard InChI is InChI=1S/C20H17ClN4O3/c1-13-18(19(24-28-13)16-4-2-3-5-17(16)21)20(26)22-7-8-25-11-15(10-23-25)14-6-9-27-12-14/h2-6,9-12H,7-8H2,1H3,(H,22,26). The molecule has 1 N–H and O–H groups in total. The number of hydrogen-bond donors (Lipinski definition) is 1. The Morgan fingerprint density at radius 2 is 2.11 bits per heavy atom. The van der Waals surface area contributed by atoms with Crippen molar-refractivity contribution < 1.29 is 13.7 Å². The molecule has 8 heteroatoms. The van der Waals surface area contributed by atoms with Gasteiger partial charge in [-0.15, -0.1) is 0 Å². The molecule has 0 unspecified atom stereocenters. The van der Waals surface area contributed by atoms with Crippen LogP contribution in [-0.4, -0.2) is 27.4 Å². The second-order valence-electron chi connectivity index (χ2n) is 6.20.